The van der Waals surface area contributed by atoms with Gasteiger partial charge in [0, 0.05) is 28.9 Å². The molecule has 0 spiro atoms. The third-order valence-electron chi connectivity index (χ3n) is 3.84. The zero-order chi connectivity index (χ0) is 15.6. The van der Waals surface area contributed by atoms with Gasteiger partial charge in [0.1, 0.15) is 4.88 Å². The molecular weight excluding hydrogens is 300 g/mol. The first kappa shape index (κ1) is 16.2. The summed E-state index contributed by atoms with van der Waals surface area (Å²) in [6.07, 6.45) is 3.02. The van der Waals surface area contributed by atoms with Crippen molar-refractivity contribution in [2.45, 2.75) is 26.3 Å². The van der Waals surface area contributed by atoms with Gasteiger partial charge in [-0.2, -0.15) is 11.8 Å². The van der Waals surface area contributed by atoms with Gasteiger partial charge in [0.05, 0.1) is 5.69 Å². The quantitative estimate of drug-likeness (QED) is 0.905. The Hall–Kier alpha value is -1.20. The van der Waals surface area contributed by atoms with E-state index in [0.29, 0.717) is 10.6 Å². The predicted octanol–water partition coefficient (Wildman–Crippen LogP) is 4.01. The van der Waals surface area contributed by atoms with Crippen molar-refractivity contribution in [2.75, 3.05) is 24.8 Å². The summed E-state index contributed by atoms with van der Waals surface area (Å²) >= 11 is 3.28. The average Bonchev–Trinajstić information content (AvgIpc) is 2.82. The van der Waals surface area contributed by atoms with Crippen LogP contribution >= 0.6 is 23.1 Å². The molecule has 0 aliphatic rings. The summed E-state index contributed by atoms with van der Waals surface area (Å²) in [4.78, 5) is 15.3. The Morgan fingerprint density at radius 2 is 2.19 bits per heavy atom. The average molecular weight is 322 g/mol. The van der Waals surface area contributed by atoms with Gasteiger partial charge in [-0.3, -0.25) is 4.79 Å². The molecule has 2 aromatic rings. The second-order valence-electron chi connectivity index (χ2n) is 5.23. The number of hydrogen-bond acceptors (Lipinski definition) is 4. The molecule has 2 rings (SSSR count). The summed E-state index contributed by atoms with van der Waals surface area (Å²) < 4.78 is 1.12. The maximum Gasteiger partial charge on any atom is 0.266 e. The molecule has 0 aliphatic heterocycles. The standard InChI is InChI=1S/C16H22N2OS2/c1-5-11(9-20-4)18(3)16(19)15-13(17)12-8-6-7-10(2)14(12)21-15/h6-8,11H,5,9,17H2,1-4H3. The van der Waals surface area contributed by atoms with E-state index in [0.717, 1.165) is 22.3 Å². The summed E-state index contributed by atoms with van der Waals surface area (Å²) in [7, 11) is 1.88. The number of rotatable bonds is 5. The molecule has 0 bridgehead atoms. The Labute approximate surface area is 134 Å². The monoisotopic (exact) mass is 322 g/mol. The maximum absolute atomic E-state index is 12.8. The molecule has 1 amide bonds. The molecule has 1 heterocycles. The van der Waals surface area contributed by atoms with Crippen molar-refractivity contribution >= 4 is 44.8 Å². The summed E-state index contributed by atoms with van der Waals surface area (Å²) in [6.45, 7) is 4.17. The van der Waals surface area contributed by atoms with Crippen LogP contribution in [0, 0.1) is 6.92 Å². The van der Waals surface area contributed by atoms with E-state index >= 15 is 0 Å². The van der Waals surface area contributed by atoms with E-state index in [1.54, 1.807) is 11.8 Å². The summed E-state index contributed by atoms with van der Waals surface area (Å²) in [5.41, 5.74) is 8.01. The minimum absolute atomic E-state index is 0.0361. The Balaban J connectivity index is 2.39. The fourth-order valence-corrected chi connectivity index (χ4v) is 4.48. The third-order valence-corrected chi connectivity index (χ3v) is 5.91. The van der Waals surface area contributed by atoms with Crippen molar-refractivity contribution < 1.29 is 4.79 Å². The van der Waals surface area contributed by atoms with Crippen molar-refractivity contribution in [3.05, 3.63) is 28.6 Å². The predicted molar refractivity (Wildman–Crippen MR) is 95.5 cm³/mol. The van der Waals surface area contributed by atoms with Crippen molar-refractivity contribution in [3.8, 4) is 0 Å². The van der Waals surface area contributed by atoms with Gasteiger partial charge in [-0.15, -0.1) is 11.3 Å². The normalized spacial score (nSPS) is 12.6. The molecule has 0 fully saturated rings. The highest BCUT2D eigenvalue weighted by Gasteiger charge is 2.24. The van der Waals surface area contributed by atoms with Gasteiger partial charge >= 0.3 is 0 Å². The molecular formula is C16H22N2OS2. The molecule has 114 valence electrons. The number of nitrogens with zero attached hydrogens (tertiary/aromatic N) is 1. The maximum atomic E-state index is 12.8. The van der Waals surface area contributed by atoms with Gasteiger partial charge in [0.15, 0.2) is 0 Å². The lowest BCUT2D eigenvalue weighted by atomic mass is 10.1. The van der Waals surface area contributed by atoms with E-state index in [1.165, 1.54) is 16.9 Å². The van der Waals surface area contributed by atoms with Crippen LogP contribution in [0.15, 0.2) is 18.2 Å². The highest BCUT2D eigenvalue weighted by molar-refractivity contribution is 7.98. The van der Waals surface area contributed by atoms with Crippen molar-refractivity contribution in [3.63, 3.8) is 0 Å². The topological polar surface area (TPSA) is 46.3 Å². The van der Waals surface area contributed by atoms with E-state index in [1.807, 2.05) is 24.1 Å². The van der Waals surface area contributed by atoms with E-state index in [4.69, 9.17) is 5.73 Å². The number of amides is 1. The van der Waals surface area contributed by atoms with Gasteiger partial charge < -0.3 is 10.6 Å². The van der Waals surface area contributed by atoms with Gasteiger partial charge in [-0.1, -0.05) is 25.1 Å². The molecule has 5 heteroatoms. The lowest BCUT2D eigenvalue weighted by Gasteiger charge is -2.26. The zero-order valence-corrected chi connectivity index (χ0v) is 14.6. The first-order valence-corrected chi connectivity index (χ1v) is 9.25. The van der Waals surface area contributed by atoms with Gasteiger partial charge in [-0.25, -0.2) is 0 Å². The second kappa shape index (κ2) is 6.71. The van der Waals surface area contributed by atoms with E-state index in [-0.39, 0.29) is 11.9 Å². The van der Waals surface area contributed by atoms with Gasteiger partial charge in [-0.05, 0) is 25.2 Å². The molecule has 3 nitrogen and oxygen atoms in total. The number of nitrogens with two attached hydrogens (primary N) is 1. The molecule has 0 aliphatic carbocycles. The van der Waals surface area contributed by atoms with Crippen molar-refractivity contribution in [1.82, 2.24) is 4.90 Å². The molecule has 1 aromatic heterocycles. The Morgan fingerprint density at radius 3 is 2.76 bits per heavy atom. The number of aryl methyl sites for hydroxylation is 1. The lowest BCUT2D eigenvalue weighted by molar-refractivity contribution is 0.0749. The molecule has 0 radical (unpaired) electrons. The number of carbonyl (C=O) groups excluding carboxylic acids is 1. The first-order chi connectivity index (χ1) is 10.0. The highest BCUT2D eigenvalue weighted by atomic mass is 32.2. The number of thiophene rings is 1. The first-order valence-electron chi connectivity index (χ1n) is 7.04. The van der Waals surface area contributed by atoms with Crippen LogP contribution in [0.1, 0.15) is 28.6 Å². The van der Waals surface area contributed by atoms with E-state index in [2.05, 4.69) is 26.2 Å². The molecule has 21 heavy (non-hydrogen) atoms. The molecule has 0 saturated heterocycles. The largest absolute Gasteiger partial charge is 0.397 e. The molecule has 1 atom stereocenters. The smallest absolute Gasteiger partial charge is 0.266 e. The molecule has 2 N–H and O–H groups in total. The fourth-order valence-electron chi connectivity index (χ4n) is 2.46. The van der Waals surface area contributed by atoms with Gasteiger partial charge in [0.25, 0.3) is 5.91 Å². The molecule has 0 saturated carbocycles. The van der Waals surface area contributed by atoms with Crippen LogP contribution in [-0.2, 0) is 0 Å². The number of anilines is 1. The van der Waals surface area contributed by atoms with Crippen LogP contribution in [0.3, 0.4) is 0 Å². The Kier molecular flexibility index (Phi) is 5.17. The summed E-state index contributed by atoms with van der Waals surface area (Å²) in [5, 5.41) is 0.995. The second-order valence-corrected chi connectivity index (χ2v) is 7.16. The molecule has 1 unspecified atom stereocenters. The fraction of sp³-hybridized carbons (Fsp3) is 0.438. The van der Waals surface area contributed by atoms with Crippen LogP contribution in [0.2, 0.25) is 0 Å². The minimum Gasteiger partial charge on any atom is -0.397 e. The number of nitrogen functional groups attached to an aromatic ring is 1. The summed E-state index contributed by atoms with van der Waals surface area (Å²) in [6, 6.07) is 6.28. The van der Waals surface area contributed by atoms with Crippen molar-refractivity contribution in [2.24, 2.45) is 0 Å². The summed E-state index contributed by atoms with van der Waals surface area (Å²) in [5.74, 6) is 0.983. The SMILES string of the molecule is CCC(CSC)N(C)C(=O)c1sc2c(C)cccc2c1N. The van der Waals surface area contributed by atoms with Crippen LogP contribution < -0.4 is 5.73 Å². The number of carbonyl (C=O) groups is 1. The van der Waals surface area contributed by atoms with Crippen LogP contribution in [0.5, 0.6) is 0 Å². The van der Waals surface area contributed by atoms with Gasteiger partial charge in [0.2, 0.25) is 0 Å². The van der Waals surface area contributed by atoms with Crippen LogP contribution in [-0.4, -0.2) is 35.9 Å². The number of benzene rings is 1. The van der Waals surface area contributed by atoms with Crippen LogP contribution in [0.4, 0.5) is 5.69 Å². The van der Waals surface area contributed by atoms with Crippen LogP contribution in [0.25, 0.3) is 10.1 Å². The Bertz CT molecular complexity index is 651. The highest BCUT2D eigenvalue weighted by Crippen LogP contribution is 2.36. The minimum atomic E-state index is 0.0361. The number of fused-ring (bicyclic) bond motifs is 1. The lowest BCUT2D eigenvalue weighted by Crippen LogP contribution is -2.38. The molecule has 1 aromatic carbocycles. The van der Waals surface area contributed by atoms with E-state index < -0.39 is 0 Å². The number of hydrogen-bond donors (Lipinski definition) is 1. The number of thioether (sulfide) groups is 1. The Morgan fingerprint density at radius 1 is 1.48 bits per heavy atom. The zero-order valence-electron chi connectivity index (χ0n) is 13.0. The van der Waals surface area contributed by atoms with E-state index in [9.17, 15) is 4.79 Å². The van der Waals surface area contributed by atoms with Crippen molar-refractivity contribution in [1.29, 1.82) is 0 Å². The third kappa shape index (κ3) is 3.04.